The molecule has 2 amide bonds. The van der Waals surface area contributed by atoms with Gasteiger partial charge in [0.05, 0.1) is 27.7 Å². The van der Waals surface area contributed by atoms with Gasteiger partial charge in [-0.05, 0) is 50.6 Å². The van der Waals surface area contributed by atoms with Gasteiger partial charge in [-0.3, -0.25) is 14.3 Å². The summed E-state index contributed by atoms with van der Waals surface area (Å²) in [6, 6.07) is 14.4. The van der Waals surface area contributed by atoms with E-state index in [1.54, 1.807) is 42.8 Å². The maximum absolute atomic E-state index is 12.7. The third-order valence-corrected chi connectivity index (χ3v) is 4.86. The zero-order valence-electron chi connectivity index (χ0n) is 15.9. The maximum Gasteiger partial charge on any atom is 0.257 e. The average Bonchev–Trinajstić information content (AvgIpc) is 2.89. The number of para-hydroxylation sites is 1. The molecule has 0 aliphatic carbocycles. The normalized spacial score (nSPS) is 10.6. The second kappa shape index (κ2) is 8.27. The zero-order valence-corrected chi connectivity index (χ0v) is 16.7. The van der Waals surface area contributed by atoms with E-state index in [0.29, 0.717) is 27.7 Å². The minimum absolute atomic E-state index is 0.00717. The molecule has 0 radical (unpaired) electrons. The molecule has 3 aromatic rings. The number of hydrogen-bond acceptors (Lipinski definition) is 3. The number of carbonyl (C=O) groups excluding carboxylic acids is 2. The topological polar surface area (TPSA) is 76.0 Å². The lowest BCUT2D eigenvalue weighted by atomic mass is 10.1. The average molecular weight is 397 g/mol. The second-order valence-electron chi connectivity index (χ2n) is 6.56. The number of carbonyl (C=O) groups is 2. The predicted molar refractivity (Wildman–Crippen MR) is 111 cm³/mol. The first-order valence-corrected chi connectivity index (χ1v) is 9.19. The Kier molecular flexibility index (Phi) is 5.80. The van der Waals surface area contributed by atoms with E-state index in [4.69, 9.17) is 11.6 Å². The molecule has 3 rings (SSSR count). The van der Waals surface area contributed by atoms with Crippen LogP contribution in [-0.2, 0) is 11.3 Å². The Hall–Kier alpha value is -3.12. The van der Waals surface area contributed by atoms with Crippen molar-refractivity contribution < 1.29 is 9.59 Å². The molecule has 1 heterocycles. The van der Waals surface area contributed by atoms with Crippen molar-refractivity contribution in [3.05, 3.63) is 76.1 Å². The smallest absolute Gasteiger partial charge is 0.257 e. The van der Waals surface area contributed by atoms with Gasteiger partial charge >= 0.3 is 0 Å². The summed E-state index contributed by atoms with van der Waals surface area (Å²) in [6.45, 7) is 5.55. The van der Waals surface area contributed by atoms with E-state index >= 15 is 0 Å². The SMILES string of the molecule is Cc1cccc(NC(=O)c2ccccc2NC(=O)Cn2nc(C)c(Cl)c2C)c1. The van der Waals surface area contributed by atoms with Crippen molar-refractivity contribution in [1.29, 1.82) is 0 Å². The Bertz CT molecular complexity index is 1040. The van der Waals surface area contributed by atoms with Crippen molar-refractivity contribution >= 4 is 34.8 Å². The highest BCUT2D eigenvalue weighted by Gasteiger charge is 2.16. The van der Waals surface area contributed by atoms with Crippen LogP contribution in [0.5, 0.6) is 0 Å². The summed E-state index contributed by atoms with van der Waals surface area (Å²) in [5, 5.41) is 10.5. The Morgan fingerprint density at radius 1 is 1.04 bits per heavy atom. The summed E-state index contributed by atoms with van der Waals surface area (Å²) in [7, 11) is 0. The van der Waals surface area contributed by atoms with Gasteiger partial charge < -0.3 is 10.6 Å². The summed E-state index contributed by atoms with van der Waals surface area (Å²) < 4.78 is 1.54. The van der Waals surface area contributed by atoms with Gasteiger partial charge in [0.25, 0.3) is 5.91 Å². The number of amides is 2. The Labute approximate surface area is 168 Å². The third kappa shape index (κ3) is 4.40. The van der Waals surface area contributed by atoms with Crippen molar-refractivity contribution in [3.63, 3.8) is 0 Å². The maximum atomic E-state index is 12.7. The van der Waals surface area contributed by atoms with E-state index in [-0.39, 0.29) is 18.4 Å². The Morgan fingerprint density at radius 2 is 1.79 bits per heavy atom. The van der Waals surface area contributed by atoms with E-state index in [0.717, 1.165) is 11.3 Å². The number of rotatable bonds is 5. The fraction of sp³-hybridized carbons (Fsp3) is 0.190. The van der Waals surface area contributed by atoms with Crippen LogP contribution in [0.2, 0.25) is 5.02 Å². The van der Waals surface area contributed by atoms with Gasteiger partial charge in [-0.15, -0.1) is 0 Å². The lowest BCUT2D eigenvalue weighted by molar-refractivity contribution is -0.116. The number of nitrogens with zero attached hydrogens (tertiary/aromatic N) is 2. The highest BCUT2D eigenvalue weighted by Crippen LogP contribution is 2.20. The van der Waals surface area contributed by atoms with Gasteiger partial charge in [-0.1, -0.05) is 35.9 Å². The summed E-state index contributed by atoms with van der Waals surface area (Å²) in [6.07, 6.45) is 0. The molecule has 0 fully saturated rings. The van der Waals surface area contributed by atoms with Gasteiger partial charge in [0.2, 0.25) is 5.91 Å². The highest BCUT2D eigenvalue weighted by atomic mass is 35.5. The molecule has 0 saturated carbocycles. The van der Waals surface area contributed by atoms with Crippen LogP contribution in [-0.4, -0.2) is 21.6 Å². The van der Waals surface area contributed by atoms with E-state index < -0.39 is 0 Å². The van der Waals surface area contributed by atoms with Crippen LogP contribution in [0.1, 0.15) is 27.3 Å². The molecule has 0 unspecified atom stereocenters. The molecule has 2 aromatic carbocycles. The van der Waals surface area contributed by atoms with Gasteiger partial charge in [-0.25, -0.2) is 0 Å². The van der Waals surface area contributed by atoms with Crippen LogP contribution in [0.25, 0.3) is 0 Å². The molecule has 0 bridgehead atoms. The van der Waals surface area contributed by atoms with E-state index in [9.17, 15) is 9.59 Å². The number of aryl methyl sites for hydroxylation is 2. The minimum Gasteiger partial charge on any atom is -0.324 e. The number of anilines is 2. The molecule has 0 atom stereocenters. The van der Waals surface area contributed by atoms with Crippen LogP contribution in [0, 0.1) is 20.8 Å². The van der Waals surface area contributed by atoms with Gasteiger partial charge in [-0.2, -0.15) is 5.10 Å². The summed E-state index contributed by atoms with van der Waals surface area (Å²) in [4.78, 5) is 25.2. The Morgan fingerprint density at radius 3 is 2.46 bits per heavy atom. The van der Waals surface area contributed by atoms with Crippen LogP contribution < -0.4 is 10.6 Å². The number of nitrogens with one attached hydrogen (secondary N) is 2. The first-order valence-electron chi connectivity index (χ1n) is 8.81. The summed E-state index contributed by atoms with van der Waals surface area (Å²) in [5.41, 5.74) is 3.95. The lowest BCUT2D eigenvalue weighted by Crippen LogP contribution is -2.22. The summed E-state index contributed by atoms with van der Waals surface area (Å²) >= 11 is 6.13. The molecule has 0 aliphatic rings. The van der Waals surface area contributed by atoms with Crippen LogP contribution in [0.15, 0.2) is 48.5 Å². The molecule has 28 heavy (non-hydrogen) atoms. The van der Waals surface area contributed by atoms with Crippen LogP contribution in [0.3, 0.4) is 0 Å². The minimum atomic E-state index is -0.296. The molecular formula is C21H21ClN4O2. The predicted octanol–water partition coefficient (Wildman–Crippen LogP) is 4.35. The van der Waals surface area contributed by atoms with Gasteiger partial charge in [0.1, 0.15) is 6.54 Å². The first kappa shape index (κ1) is 19.6. The molecule has 144 valence electrons. The zero-order chi connectivity index (χ0) is 20.3. The van der Waals surface area contributed by atoms with E-state index in [1.807, 2.05) is 31.2 Å². The number of halogens is 1. The molecular weight excluding hydrogens is 376 g/mol. The van der Waals surface area contributed by atoms with Gasteiger partial charge in [0.15, 0.2) is 0 Å². The summed E-state index contributed by atoms with van der Waals surface area (Å²) in [5.74, 6) is -0.589. The molecule has 6 nitrogen and oxygen atoms in total. The van der Waals surface area contributed by atoms with Crippen molar-refractivity contribution in [3.8, 4) is 0 Å². The fourth-order valence-electron chi connectivity index (χ4n) is 2.87. The molecule has 7 heteroatoms. The highest BCUT2D eigenvalue weighted by molar-refractivity contribution is 6.31. The standard InChI is InChI=1S/C21H21ClN4O2/c1-13-7-6-8-16(11-13)23-21(28)17-9-4-5-10-18(17)24-19(27)12-26-15(3)20(22)14(2)25-26/h4-11H,12H2,1-3H3,(H,23,28)(H,24,27). The number of hydrogen-bond donors (Lipinski definition) is 2. The van der Waals surface area contributed by atoms with Crippen LogP contribution >= 0.6 is 11.6 Å². The van der Waals surface area contributed by atoms with E-state index in [1.165, 1.54) is 0 Å². The lowest BCUT2D eigenvalue weighted by Gasteiger charge is -2.12. The first-order chi connectivity index (χ1) is 13.3. The Balaban J connectivity index is 1.75. The van der Waals surface area contributed by atoms with Crippen molar-refractivity contribution in [2.75, 3.05) is 10.6 Å². The van der Waals surface area contributed by atoms with Crippen molar-refractivity contribution in [2.24, 2.45) is 0 Å². The second-order valence-corrected chi connectivity index (χ2v) is 6.94. The molecule has 1 aromatic heterocycles. The number of benzene rings is 2. The molecule has 0 spiro atoms. The quantitative estimate of drug-likeness (QED) is 0.673. The fourth-order valence-corrected chi connectivity index (χ4v) is 3.00. The largest absolute Gasteiger partial charge is 0.324 e. The van der Waals surface area contributed by atoms with E-state index in [2.05, 4.69) is 15.7 Å². The van der Waals surface area contributed by atoms with Crippen LogP contribution in [0.4, 0.5) is 11.4 Å². The van der Waals surface area contributed by atoms with Crippen molar-refractivity contribution in [1.82, 2.24) is 9.78 Å². The number of aromatic nitrogens is 2. The molecule has 2 N–H and O–H groups in total. The third-order valence-electron chi connectivity index (χ3n) is 4.31. The molecule has 0 aliphatic heterocycles. The van der Waals surface area contributed by atoms with Gasteiger partial charge in [0, 0.05) is 5.69 Å². The monoisotopic (exact) mass is 396 g/mol. The van der Waals surface area contributed by atoms with Crippen molar-refractivity contribution in [2.45, 2.75) is 27.3 Å². The molecule has 0 saturated heterocycles.